The van der Waals surface area contributed by atoms with Gasteiger partial charge in [0.1, 0.15) is 0 Å². The largest absolute Gasteiger partial charge is 0.308 e. The fraction of sp³-hybridized carbons (Fsp3) is 0.684. The normalized spacial score (nSPS) is 25.8. The van der Waals surface area contributed by atoms with Gasteiger partial charge >= 0.3 is 0 Å². The van der Waals surface area contributed by atoms with Crippen LogP contribution < -0.4 is 5.32 Å². The van der Waals surface area contributed by atoms with E-state index in [1.54, 1.807) is 0 Å². The van der Waals surface area contributed by atoms with Crippen molar-refractivity contribution in [2.45, 2.75) is 70.0 Å². The Morgan fingerprint density at radius 3 is 2.43 bits per heavy atom. The third kappa shape index (κ3) is 3.02. The molecule has 1 N–H and O–H groups in total. The fourth-order valence-corrected chi connectivity index (χ4v) is 4.46. The summed E-state index contributed by atoms with van der Waals surface area (Å²) < 4.78 is 0. The average Bonchev–Trinajstić information content (AvgIpc) is 2.98. The Balaban J connectivity index is 1.85. The van der Waals surface area contributed by atoms with Crippen molar-refractivity contribution in [2.75, 3.05) is 13.1 Å². The zero-order valence-corrected chi connectivity index (χ0v) is 13.6. The van der Waals surface area contributed by atoms with Crippen LogP contribution in [0.25, 0.3) is 0 Å². The lowest BCUT2D eigenvalue weighted by Gasteiger charge is -2.49. The molecule has 1 heterocycles. The maximum atomic E-state index is 3.93. The Kier molecular flexibility index (Phi) is 4.66. The van der Waals surface area contributed by atoms with Crippen LogP contribution in [-0.4, -0.2) is 29.6 Å². The van der Waals surface area contributed by atoms with Crippen molar-refractivity contribution >= 4 is 0 Å². The zero-order chi connectivity index (χ0) is 14.7. The van der Waals surface area contributed by atoms with E-state index in [-0.39, 0.29) is 0 Å². The van der Waals surface area contributed by atoms with Gasteiger partial charge < -0.3 is 5.32 Å². The Labute approximate surface area is 129 Å². The van der Waals surface area contributed by atoms with E-state index in [1.807, 2.05) is 0 Å². The van der Waals surface area contributed by atoms with Gasteiger partial charge in [-0.2, -0.15) is 0 Å². The van der Waals surface area contributed by atoms with Crippen molar-refractivity contribution in [3.05, 3.63) is 35.9 Å². The molecule has 0 bridgehead atoms. The molecule has 21 heavy (non-hydrogen) atoms. The molecule has 2 nitrogen and oxygen atoms in total. The zero-order valence-electron chi connectivity index (χ0n) is 13.6. The highest BCUT2D eigenvalue weighted by Gasteiger charge is 2.42. The van der Waals surface area contributed by atoms with Crippen LogP contribution in [0.3, 0.4) is 0 Å². The van der Waals surface area contributed by atoms with Crippen LogP contribution >= 0.6 is 0 Å². The topological polar surface area (TPSA) is 15.3 Å². The molecule has 1 aromatic rings. The van der Waals surface area contributed by atoms with Gasteiger partial charge in [0.25, 0.3) is 0 Å². The van der Waals surface area contributed by atoms with Gasteiger partial charge in [-0.3, -0.25) is 4.90 Å². The summed E-state index contributed by atoms with van der Waals surface area (Å²) in [6.45, 7) is 7.04. The summed E-state index contributed by atoms with van der Waals surface area (Å²) in [5.74, 6) is 0. The fourth-order valence-electron chi connectivity index (χ4n) is 4.46. The molecule has 1 saturated carbocycles. The van der Waals surface area contributed by atoms with E-state index < -0.39 is 0 Å². The number of hydrogen-bond donors (Lipinski definition) is 1. The van der Waals surface area contributed by atoms with Gasteiger partial charge in [-0.25, -0.2) is 0 Å². The van der Waals surface area contributed by atoms with E-state index in [1.165, 1.54) is 50.6 Å². The molecular weight excluding hydrogens is 256 g/mol. The first-order chi connectivity index (χ1) is 10.3. The molecule has 0 radical (unpaired) electrons. The highest BCUT2D eigenvalue weighted by atomic mass is 15.3. The molecule has 2 aliphatic rings. The minimum atomic E-state index is 0.411. The number of nitrogens with one attached hydrogen (secondary N) is 1. The van der Waals surface area contributed by atoms with Gasteiger partial charge in [0.05, 0.1) is 0 Å². The van der Waals surface area contributed by atoms with Crippen LogP contribution in [-0.2, 0) is 0 Å². The van der Waals surface area contributed by atoms with E-state index in [4.69, 9.17) is 0 Å². The highest BCUT2D eigenvalue weighted by molar-refractivity contribution is 5.21. The summed E-state index contributed by atoms with van der Waals surface area (Å²) in [6.07, 6.45) is 8.06. The second-order valence-corrected chi connectivity index (χ2v) is 6.94. The van der Waals surface area contributed by atoms with Crippen LogP contribution in [0, 0.1) is 0 Å². The molecule has 1 aliphatic carbocycles. The quantitative estimate of drug-likeness (QED) is 0.895. The molecule has 1 saturated heterocycles. The van der Waals surface area contributed by atoms with Gasteiger partial charge in [0.15, 0.2) is 0 Å². The Hall–Kier alpha value is -0.860. The SMILES string of the molecule is CCC(CC)N1CC2(CCCC2)NCC1c1ccccc1. The molecule has 2 heteroatoms. The van der Waals surface area contributed by atoms with Gasteiger partial charge in [-0.15, -0.1) is 0 Å². The lowest BCUT2D eigenvalue weighted by Crippen LogP contribution is -2.62. The molecule has 0 aromatic heterocycles. The molecule has 0 amide bonds. The van der Waals surface area contributed by atoms with E-state index in [0.717, 1.165) is 12.6 Å². The first-order valence-electron chi connectivity index (χ1n) is 8.84. The summed E-state index contributed by atoms with van der Waals surface area (Å²) in [5.41, 5.74) is 1.89. The van der Waals surface area contributed by atoms with E-state index in [9.17, 15) is 0 Å². The van der Waals surface area contributed by atoms with Crippen LogP contribution in [0.2, 0.25) is 0 Å². The molecular formula is C19H30N2. The van der Waals surface area contributed by atoms with Crippen molar-refractivity contribution < 1.29 is 0 Å². The Morgan fingerprint density at radius 2 is 1.81 bits per heavy atom. The Bertz CT molecular complexity index is 432. The van der Waals surface area contributed by atoms with Crippen molar-refractivity contribution in [3.8, 4) is 0 Å². The second kappa shape index (κ2) is 6.50. The summed E-state index contributed by atoms with van der Waals surface area (Å²) >= 11 is 0. The molecule has 116 valence electrons. The van der Waals surface area contributed by atoms with Gasteiger partial charge in [-0.1, -0.05) is 57.0 Å². The van der Waals surface area contributed by atoms with Crippen molar-refractivity contribution in [3.63, 3.8) is 0 Å². The molecule has 1 spiro atoms. The predicted molar refractivity (Wildman–Crippen MR) is 89.5 cm³/mol. The lowest BCUT2D eigenvalue weighted by atomic mass is 9.88. The third-order valence-corrected chi connectivity index (χ3v) is 5.71. The van der Waals surface area contributed by atoms with Crippen molar-refractivity contribution in [2.24, 2.45) is 0 Å². The number of nitrogens with zero attached hydrogens (tertiary/aromatic N) is 1. The third-order valence-electron chi connectivity index (χ3n) is 5.71. The van der Waals surface area contributed by atoms with E-state index in [0.29, 0.717) is 11.6 Å². The van der Waals surface area contributed by atoms with Gasteiger partial charge in [-0.05, 0) is 31.2 Å². The summed E-state index contributed by atoms with van der Waals surface area (Å²) in [6, 6.07) is 12.3. The molecule has 1 aromatic carbocycles. The number of piperazine rings is 1. The lowest BCUT2D eigenvalue weighted by molar-refractivity contribution is 0.0384. The summed E-state index contributed by atoms with van der Waals surface area (Å²) in [5, 5.41) is 3.93. The minimum absolute atomic E-state index is 0.411. The molecule has 1 aliphatic heterocycles. The standard InChI is InChI=1S/C19H30N2/c1-3-17(4-2)21-15-19(12-8-9-13-19)20-14-18(21)16-10-6-5-7-11-16/h5-7,10-11,17-18,20H,3-4,8-9,12-15H2,1-2H3. The van der Waals surface area contributed by atoms with Crippen LogP contribution in [0.5, 0.6) is 0 Å². The van der Waals surface area contributed by atoms with Crippen LogP contribution in [0.1, 0.15) is 64.0 Å². The maximum absolute atomic E-state index is 3.93. The predicted octanol–water partition coefficient (Wildman–Crippen LogP) is 4.13. The van der Waals surface area contributed by atoms with E-state index >= 15 is 0 Å². The first-order valence-corrected chi connectivity index (χ1v) is 8.84. The average molecular weight is 286 g/mol. The van der Waals surface area contributed by atoms with Crippen molar-refractivity contribution in [1.29, 1.82) is 0 Å². The van der Waals surface area contributed by atoms with Crippen molar-refractivity contribution in [1.82, 2.24) is 10.2 Å². The second-order valence-electron chi connectivity index (χ2n) is 6.94. The monoisotopic (exact) mass is 286 g/mol. The minimum Gasteiger partial charge on any atom is -0.308 e. The van der Waals surface area contributed by atoms with Crippen LogP contribution in [0.15, 0.2) is 30.3 Å². The molecule has 1 atom stereocenters. The van der Waals surface area contributed by atoms with Gasteiger partial charge in [0.2, 0.25) is 0 Å². The molecule has 1 unspecified atom stereocenters. The smallest absolute Gasteiger partial charge is 0.0476 e. The van der Waals surface area contributed by atoms with Gasteiger partial charge in [0, 0.05) is 30.7 Å². The number of rotatable bonds is 4. The number of hydrogen-bond acceptors (Lipinski definition) is 2. The molecule has 2 fully saturated rings. The van der Waals surface area contributed by atoms with Crippen LogP contribution in [0.4, 0.5) is 0 Å². The molecule has 3 rings (SSSR count). The highest BCUT2D eigenvalue weighted by Crippen LogP contribution is 2.38. The Morgan fingerprint density at radius 1 is 1.14 bits per heavy atom. The van der Waals surface area contributed by atoms with E-state index in [2.05, 4.69) is 54.4 Å². The first kappa shape index (κ1) is 15.1. The number of benzene rings is 1. The summed E-state index contributed by atoms with van der Waals surface area (Å²) in [7, 11) is 0. The maximum Gasteiger partial charge on any atom is 0.0476 e. The summed E-state index contributed by atoms with van der Waals surface area (Å²) in [4.78, 5) is 2.82.